The first kappa shape index (κ1) is 55.2. The quantitative estimate of drug-likeness (QED) is 0.0233. The van der Waals surface area contributed by atoms with Crippen molar-refractivity contribution in [2.45, 2.75) is 187 Å². The SMILES string of the molecule is CCCCC/C=C\C/C=C\C/C=C\C/C=C\CCCC(=O)OC[C@H](COP(=O)(O)OCCNC(C)C(=O)O)OC(=O)CCCCCCC/C=C\CCCCCCCC. The summed E-state index contributed by atoms with van der Waals surface area (Å²) < 4.78 is 33.2. The van der Waals surface area contributed by atoms with Gasteiger partial charge in [0.1, 0.15) is 12.6 Å². The zero-order valence-corrected chi connectivity index (χ0v) is 37.2. The van der Waals surface area contributed by atoms with Gasteiger partial charge in [0, 0.05) is 19.4 Å². The molecular formula is C46H80NO10P. The number of phosphoric acid groups is 1. The fourth-order valence-corrected chi connectivity index (χ4v) is 6.37. The number of carboxylic acids is 1. The molecule has 2 unspecified atom stereocenters. The number of phosphoric ester groups is 1. The Balaban J connectivity index is 4.55. The highest BCUT2D eigenvalue weighted by molar-refractivity contribution is 7.47. The van der Waals surface area contributed by atoms with Crippen LogP contribution in [0, 0.1) is 0 Å². The van der Waals surface area contributed by atoms with Crippen molar-refractivity contribution in [3.05, 3.63) is 60.8 Å². The Labute approximate surface area is 351 Å². The maximum absolute atomic E-state index is 12.7. The second-order valence-electron chi connectivity index (χ2n) is 14.7. The molecule has 0 bridgehead atoms. The molecule has 0 rings (SSSR count). The second kappa shape index (κ2) is 40.9. The van der Waals surface area contributed by atoms with Crippen LogP contribution in [0.2, 0.25) is 0 Å². The number of hydrogen-bond acceptors (Lipinski definition) is 9. The molecule has 0 aliphatic rings. The number of ether oxygens (including phenoxy) is 2. The van der Waals surface area contributed by atoms with Crippen LogP contribution in [-0.4, -0.2) is 66.4 Å². The van der Waals surface area contributed by atoms with E-state index in [1.165, 1.54) is 64.7 Å². The van der Waals surface area contributed by atoms with Gasteiger partial charge in [-0.25, -0.2) is 4.57 Å². The molecule has 58 heavy (non-hydrogen) atoms. The van der Waals surface area contributed by atoms with E-state index in [-0.39, 0.29) is 32.6 Å². The lowest BCUT2D eigenvalue weighted by atomic mass is 10.1. The maximum Gasteiger partial charge on any atom is 0.472 e. The Morgan fingerprint density at radius 2 is 1.03 bits per heavy atom. The van der Waals surface area contributed by atoms with Gasteiger partial charge in [-0.05, 0) is 84.0 Å². The van der Waals surface area contributed by atoms with Gasteiger partial charge in [0.25, 0.3) is 0 Å². The molecule has 0 amide bonds. The van der Waals surface area contributed by atoms with Crippen molar-refractivity contribution in [1.29, 1.82) is 0 Å². The van der Waals surface area contributed by atoms with Crippen LogP contribution in [-0.2, 0) is 37.5 Å². The van der Waals surface area contributed by atoms with Crippen LogP contribution in [0.5, 0.6) is 0 Å². The smallest absolute Gasteiger partial charge is 0.472 e. The van der Waals surface area contributed by atoms with Gasteiger partial charge in [0.05, 0.1) is 13.2 Å². The Morgan fingerprint density at radius 1 is 0.586 bits per heavy atom. The van der Waals surface area contributed by atoms with E-state index in [0.29, 0.717) is 19.3 Å². The molecule has 12 heteroatoms. The number of nitrogens with one attached hydrogen (secondary N) is 1. The van der Waals surface area contributed by atoms with Crippen molar-refractivity contribution < 1.29 is 47.5 Å². The maximum atomic E-state index is 12.7. The third-order valence-electron chi connectivity index (χ3n) is 9.18. The zero-order valence-electron chi connectivity index (χ0n) is 36.3. The van der Waals surface area contributed by atoms with E-state index in [4.69, 9.17) is 23.6 Å². The van der Waals surface area contributed by atoms with Gasteiger partial charge in [0.2, 0.25) is 0 Å². The molecular weight excluding hydrogens is 757 g/mol. The average Bonchev–Trinajstić information content (AvgIpc) is 3.20. The van der Waals surface area contributed by atoms with Crippen LogP contribution < -0.4 is 5.32 Å². The Kier molecular flexibility index (Phi) is 38.9. The van der Waals surface area contributed by atoms with Crippen molar-refractivity contribution in [3.8, 4) is 0 Å². The first-order valence-corrected chi connectivity index (χ1v) is 23.8. The van der Waals surface area contributed by atoms with Crippen LogP contribution in [0.15, 0.2) is 60.8 Å². The minimum absolute atomic E-state index is 0.00554. The second-order valence-corrected chi connectivity index (χ2v) is 16.2. The summed E-state index contributed by atoms with van der Waals surface area (Å²) in [7, 11) is -4.56. The van der Waals surface area contributed by atoms with Gasteiger partial charge < -0.3 is 24.8 Å². The van der Waals surface area contributed by atoms with E-state index < -0.39 is 44.5 Å². The molecule has 0 saturated carbocycles. The topological polar surface area (TPSA) is 158 Å². The van der Waals surface area contributed by atoms with Crippen molar-refractivity contribution in [2.24, 2.45) is 0 Å². The molecule has 0 aliphatic carbocycles. The van der Waals surface area contributed by atoms with Crippen LogP contribution in [0.25, 0.3) is 0 Å². The summed E-state index contributed by atoms with van der Waals surface area (Å²) in [4.78, 5) is 46.2. The number of allylic oxidation sites excluding steroid dienone is 10. The fourth-order valence-electron chi connectivity index (χ4n) is 5.62. The zero-order chi connectivity index (χ0) is 42.8. The van der Waals surface area contributed by atoms with Gasteiger partial charge in [-0.2, -0.15) is 0 Å². The molecule has 0 aliphatic heterocycles. The van der Waals surface area contributed by atoms with Crippen molar-refractivity contribution in [2.75, 3.05) is 26.4 Å². The highest BCUT2D eigenvalue weighted by atomic mass is 31.2. The summed E-state index contributed by atoms with van der Waals surface area (Å²) in [6, 6.07) is -0.865. The molecule has 3 N–H and O–H groups in total. The number of unbranched alkanes of at least 4 members (excludes halogenated alkanes) is 15. The number of carboxylic acid groups (broad SMARTS) is 1. The van der Waals surface area contributed by atoms with E-state index in [1.807, 2.05) is 6.08 Å². The molecule has 0 aromatic rings. The molecule has 11 nitrogen and oxygen atoms in total. The number of rotatable bonds is 41. The minimum Gasteiger partial charge on any atom is -0.480 e. The Morgan fingerprint density at radius 3 is 1.60 bits per heavy atom. The van der Waals surface area contributed by atoms with E-state index in [9.17, 15) is 23.8 Å². The predicted octanol–water partition coefficient (Wildman–Crippen LogP) is 11.8. The van der Waals surface area contributed by atoms with Crippen molar-refractivity contribution >= 4 is 25.7 Å². The largest absolute Gasteiger partial charge is 0.480 e. The average molecular weight is 838 g/mol. The van der Waals surface area contributed by atoms with E-state index in [1.54, 1.807) is 0 Å². The Hall–Kier alpha value is -2.82. The van der Waals surface area contributed by atoms with Crippen LogP contribution in [0.3, 0.4) is 0 Å². The van der Waals surface area contributed by atoms with Gasteiger partial charge >= 0.3 is 25.7 Å². The normalized spacial score (nSPS) is 14.3. The number of carbonyl (C=O) groups is 3. The van der Waals surface area contributed by atoms with Crippen LogP contribution in [0.4, 0.5) is 0 Å². The minimum atomic E-state index is -4.56. The summed E-state index contributed by atoms with van der Waals surface area (Å²) >= 11 is 0. The van der Waals surface area contributed by atoms with Crippen molar-refractivity contribution in [1.82, 2.24) is 5.32 Å². The fraction of sp³-hybridized carbons (Fsp3) is 0.717. The Bertz CT molecular complexity index is 1210. The molecule has 0 aromatic heterocycles. The lowest BCUT2D eigenvalue weighted by Crippen LogP contribution is -2.35. The summed E-state index contributed by atoms with van der Waals surface area (Å²) in [5.41, 5.74) is 0. The van der Waals surface area contributed by atoms with Gasteiger partial charge in [-0.15, -0.1) is 0 Å². The number of carbonyl (C=O) groups excluding carboxylic acids is 2. The standard InChI is InChI=1S/C46H80NO10P/c1-4-6-8-10-12-14-16-18-20-21-23-24-26-28-30-32-34-36-44(48)54-40-43(41-56-58(52,53)55-39-38-47-42(3)46(50)51)57-45(49)37-35-33-31-29-27-25-22-19-17-15-13-11-9-7-5-2/h12,14,18-20,22-24,28,30,42-43,47H,4-11,13,15-17,21,25-27,29,31-41H2,1-3H3,(H,50,51)(H,52,53)/b14-12-,20-18-,22-19-,24-23-,30-28-/t42?,43-/m1/s1. The monoisotopic (exact) mass is 838 g/mol. The highest BCUT2D eigenvalue weighted by Gasteiger charge is 2.26. The number of aliphatic carboxylic acids is 1. The summed E-state index contributed by atoms with van der Waals surface area (Å²) in [5, 5.41) is 11.6. The van der Waals surface area contributed by atoms with Crippen LogP contribution >= 0.6 is 7.82 Å². The third kappa shape index (κ3) is 40.0. The predicted molar refractivity (Wildman–Crippen MR) is 236 cm³/mol. The molecule has 0 fully saturated rings. The number of esters is 2. The van der Waals surface area contributed by atoms with Crippen LogP contribution in [0.1, 0.15) is 175 Å². The number of hydrogen-bond donors (Lipinski definition) is 3. The summed E-state index contributed by atoms with van der Waals surface area (Å²) in [6.45, 7) is 4.72. The van der Waals surface area contributed by atoms with Crippen molar-refractivity contribution in [3.63, 3.8) is 0 Å². The van der Waals surface area contributed by atoms with Gasteiger partial charge in [-0.1, -0.05) is 139 Å². The van der Waals surface area contributed by atoms with Gasteiger partial charge in [0.15, 0.2) is 6.10 Å². The van der Waals surface area contributed by atoms with Gasteiger partial charge in [-0.3, -0.25) is 23.4 Å². The summed E-state index contributed by atoms with van der Waals surface area (Å²) in [6.07, 6.45) is 44.7. The lowest BCUT2D eigenvalue weighted by Gasteiger charge is -2.20. The molecule has 0 saturated heterocycles. The molecule has 0 spiro atoms. The molecule has 0 heterocycles. The first-order valence-electron chi connectivity index (χ1n) is 22.3. The van der Waals surface area contributed by atoms with E-state index in [2.05, 4.69) is 73.8 Å². The highest BCUT2D eigenvalue weighted by Crippen LogP contribution is 2.43. The van der Waals surface area contributed by atoms with E-state index >= 15 is 0 Å². The molecule has 0 aromatic carbocycles. The summed E-state index contributed by atoms with van der Waals surface area (Å²) in [5.74, 6) is -2.06. The molecule has 0 radical (unpaired) electrons. The molecule has 334 valence electrons. The molecule has 3 atom stereocenters. The lowest BCUT2D eigenvalue weighted by molar-refractivity contribution is -0.161. The van der Waals surface area contributed by atoms with E-state index in [0.717, 1.165) is 64.2 Å². The first-order chi connectivity index (χ1) is 28.1. The third-order valence-corrected chi connectivity index (χ3v) is 10.2.